The maximum absolute atomic E-state index is 5.02. The van der Waals surface area contributed by atoms with Gasteiger partial charge in [-0.1, -0.05) is 25.7 Å². The van der Waals surface area contributed by atoms with Crippen molar-refractivity contribution in [3.63, 3.8) is 0 Å². The molecular formula is C11H20O3. The molecule has 0 rings (SSSR count). The van der Waals surface area contributed by atoms with Crippen LogP contribution in [0.2, 0.25) is 0 Å². The Kier molecular flexibility index (Phi) is 7.50. The van der Waals surface area contributed by atoms with Crippen LogP contribution in [0.1, 0.15) is 32.6 Å². The molecule has 0 aromatic heterocycles. The van der Waals surface area contributed by atoms with Gasteiger partial charge in [-0.2, -0.15) is 0 Å². The van der Waals surface area contributed by atoms with Crippen LogP contribution in [0.15, 0.2) is 0 Å². The van der Waals surface area contributed by atoms with Crippen molar-refractivity contribution in [2.45, 2.75) is 38.6 Å². The molecule has 0 radical (unpaired) electrons. The number of hydrogen-bond donors (Lipinski definition) is 0. The molecule has 82 valence electrons. The highest BCUT2D eigenvalue weighted by Crippen LogP contribution is 2.10. The lowest BCUT2D eigenvalue weighted by atomic mass is 10.2. The highest BCUT2D eigenvalue weighted by atomic mass is 16.9. The zero-order chi connectivity index (χ0) is 10.9. The molecule has 0 saturated heterocycles. The van der Waals surface area contributed by atoms with Gasteiger partial charge in [-0.05, 0) is 12.3 Å². The maximum Gasteiger partial charge on any atom is 0.352 e. The van der Waals surface area contributed by atoms with E-state index in [0.29, 0.717) is 0 Å². The minimum atomic E-state index is -1.19. The minimum absolute atomic E-state index is 0.853. The molecule has 3 heteroatoms. The summed E-state index contributed by atoms with van der Waals surface area (Å²) < 4.78 is 15.1. The van der Waals surface area contributed by atoms with Crippen LogP contribution in [0.25, 0.3) is 0 Å². The van der Waals surface area contributed by atoms with Crippen LogP contribution in [0, 0.1) is 11.8 Å². The van der Waals surface area contributed by atoms with E-state index in [1.165, 1.54) is 34.2 Å². The topological polar surface area (TPSA) is 27.7 Å². The predicted octanol–water partition coefficient (Wildman–Crippen LogP) is 2.16. The first-order valence-electron chi connectivity index (χ1n) is 4.90. The summed E-state index contributed by atoms with van der Waals surface area (Å²) in [6.07, 6.45) is 4.36. The highest BCUT2D eigenvalue weighted by Gasteiger charge is 2.26. The fourth-order valence-corrected chi connectivity index (χ4v) is 1.04. The van der Waals surface area contributed by atoms with Crippen LogP contribution >= 0.6 is 0 Å². The van der Waals surface area contributed by atoms with Crippen molar-refractivity contribution < 1.29 is 14.2 Å². The average Bonchev–Trinajstić information content (AvgIpc) is 2.24. The van der Waals surface area contributed by atoms with Crippen molar-refractivity contribution in [2.24, 2.45) is 0 Å². The Hall–Kier alpha value is -0.560. The average molecular weight is 200 g/mol. The Bertz CT molecular complexity index is 178. The number of methoxy groups -OCH3 is 3. The molecule has 0 spiro atoms. The fraction of sp³-hybridized carbons (Fsp3) is 0.818. The second kappa shape index (κ2) is 7.81. The third-order valence-electron chi connectivity index (χ3n) is 1.95. The molecule has 0 aliphatic heterocycles. The van der Waals surface area contributed by atoms with Gasteiger partial charge in [0.15, 0.2) is 0 Å². The summed E-state index contributed by atoms with van der Waals surface area (Å²) in [4.78, 5) is 0. The van der Waals surface area contributed by atoms with Crippen LogP contribution in [0.5, 0.6) is 0 Å². The number of hydrogen-bond acceptors (Lipinski definition) is 3. The molecule has 0 aromatic carbocycles. The van der Waals surface area contributed by atoms with E-state index in [0.717, 1.165) is 12.8 Å². The Balaban J connectivity index is 4.00. The molecule has 0 aromatic rings. The summed E-state index contributed by atoms with van der Waals surface area (Å²) >= 11 is 0. The fourth-order valence-electron chi connectivity index (χ4n) is 1.04. The summed E-state index contributed by atoms with van der Waals surface area (Å²) in [6.45, 7) is 2.16. The molecule has 0 saturated carbocycles. The molecule has 0 atom stereocenters. The summed E-state index contributed by atoms with van der Waals surface area (Å²) in [5, 5.41) is 0. The zero-order valence-corrected chi connectivity index (χ0v) is 9.55. The molecular weight excluding hydrogens is 180 g/mol. The van der Waals surface area contributed by atoms with E-state index in [2.05, 4.69) is 18.8 Å². The first-order valence-corrected chi connectivity index (χ1v) is 4.90. The van der Waals surface area contributed by atoms with Crippen molar-refractivity contribution in [2.75, 3.05) is 21.3 Å². The standard InChI is InChI=1S/C11H20O3/c1-5-6-7-8-9-10-11(12-2,13-3)14-4/h5-8H2,1-4H3. The van der Waals surface area contributed by atoms with E-state index >= 15 is 0 Å². The molecule has 0 aliphatic carbocycles. The molecule has 14 heavy (non-hydrogen) atoms. The summed E-state index contributed by atoms with van der Waals surface area (Å²) in [7, 11) is 4.52. The van der Waals surface area contributed by atoms with Gasteiger partial charge < -0.3 is 14.2 Å². The summed E-state index contributed by atoms with van der Waals surface area (Å²) in [5.41, 5.74) is 0. The maximum atomic E-state index is 5.02. The smallest absolute Gasteiger partial charge is 0.320 e. The lowest BCUT2D eigenvalue weighted by Gasteiger charge is -2.21. The summed E-state index contributed by atoms with van der Waals surface area (Å²) in [6, 6.07) is 0. The van der Waals surface area contributed by atoms with Gasteiger partial charge in [-0.25, -0.2) is 0 Å². The van der Waals surface area contributed by atoms with Gasteiger partial charge in [-0.15, -0.1) is 0 Å². The van der Waals surface area contributed by atoms with Crippen molar-refractivity contribution >= 4 is 0 Å². The lowest BCUT2D eigenvalue weighted by molar-refractivity contribution is -0.311. The quantitative estimate of drug-likeness (QED) is 0.373. The van der Waals surface area contributed by atoms with Crippen molar-refractivity contribution in [1.82, 2.24) is 0 Å². The van der Waals surface area contributed by atoms with Gasteiger partial charge >= 0.3 is 5.97 Å². The Labute approximate surface area is 86.7 Å². The van der Waals surface area contributed by atoms with Crippen LogP contribution in [-0.4, -0.2) is 27.3 Å². The lowest BCUT2D eigenvalue weighted by Crippen LogP contribution is -2.34. The van der Waals surface area contributed by atoms with Gasteiger partial charge in [0.05, 0.1) is 0 Å². The van der Waals surface area contributed by atoms with E-state index in [1.807, 2.05) is 0 Å². The van der Waals surface area contributed by atoms with E-state index in [-0.39, 0.29) is 0 Å². The number of ether oxygens (including phenoxy) is 3. The molecule has 0 N–H and O–H groups in total. The molecule has 0 bridgehead atoms. The van der Waals surface area contributed by atoms with Gasteiger partial charge in [0, 0.05) is 27.8 Å². The second-order valence-electron chi connectivity index (χ2n) is 2.93. The largest absolute Gasteiger partial charge is 0.352 e. The van der Waals surface area contributed by atoms with Crippen LogP contribution in [0.4, 0.5) is 0 Å². The van der Waals surface area contributed by atoms with Gasteiger partial charge in [0.25, 0.3) is 0 Å². The third-order valence-corrected chi connectivity index (χ3v) is 1.95. The molecule has 3 nitrogen and oxygen atoms in total. The van der Waals surface area contributed by atoms with Crippen LogP contribution < -0.4 is 0 Å². The van der Waals surface area contributed by atoms with Crippen molar-refractivity contribution in [1.29, 1.82) is 0 Å². The predicted molar refractivity (Wildman–Crippen MR) is 55.7 cm³/mol. The monoisotopic (exact) mass is 200 g/mol. The van der Waals surface area contributed by atoms with Crippen molar-refractivity contribution in [3.05, 3.63) is 0 Å². The normalized spacial score (nSPS) is 10.9. The van der Waals surface area contributed by atoms with Gasteiger partial charge in [0.1, 0.15) is 0 Å². The van der Waals surface area contributed by atoms with E-state index in [1.54, 1.807) is 0 Å². The van der Waals surface area contributed by atoms with Crippen molar-refractivity contribution in [3.8, 4) is 11.8 Å². The SMILES string of the molecule is CCCCCC#CC(OC)(OC)OC. The minimum Gasteiger partial charge on any atom is -0.320 e. The first-order chi connectivity index (χ1) is 6.74. The number of rotatable bonds is 6. The third kappa shape index (κ3) is 4.61. The van der Waals surface area contributed by atoms with Gasteiger partial charge in [-0.3, -0.25) is 0 Å². The van der Waals surface area contributed by atoms with E-state index in [4.69, 9.17) is 14.2 Å². The number of unbranched alkanes of at least 4 members (excludes halogenated alkanes) is 3. The van der Waals surface area contributed by atoms with E-state index < -0.39 is 5.97 Å². The Morgan fingerprint density at radius 2 is 1.57 bits per heavy atom. The molecule has 0 aliphatic rings. The Morgan fingerprint density at radius 3 is 2.00 bits per heavy atom. The summed E-state index contributed by atoms with van der Waals surface area (Å²) in [5.74, 6) is 4.63. The van der Waals surface area contributed by atoms with Crippen LogP contribution in [0.3, 0.4) is 0 Å². The molecule has 0 amide bonds. The van der Waals surface area contributed by atoms with Crippen LogP contribution in [-0.2, 0) is 14.2 Å². The molecule has 0 fully saturated rings. The molecule has 0 unspecified atom stereocenters. The zero-order valence-electron chi connectivity index (χ0n) is 9.55. The Morgan fingerprint density at radius 1 is 1.00 bits per heavy atom. The first kappa shape index (κ1) is 13.4. The highest BCUT2D eigenvalue weighted by molar-refractivity contribution is 5.06. The second-order valence-corrected chi connectivity index (χ2v) is 2.93. The van der Waals surface area contributed by atoms with E-state index in [9.17, 15) is 0 Å². The molecule has 0 heterocycles. The van der Waals surface area contributed by atoms with Gasteiger partial charge in [0.2, 0.25) is 0 Å².